The van der Waals surface area contributed by atoms with Gasteiger partial charge in [0, 0.05) is 13.2 Å². The molecule has 130 valence electrons. The van der Waals surface area contributed by atoms with Gasteiger partial charge in [-0.2, -0.15) is 0 Å². The number of hydrogen-bond acceptors (Lipinski definition) is 2. The highest BCUT2D eigenvalue weighted by Crippen LogP contribution is 2.39. The summed E-state index contributed by atoms with van der Waals surface area (Å²) < 4.78 is 11.4. The van der Waals surface area contributed by atoms with Gasteiger partial charge in [-0.25, -0.2) is 0 Å². The van der Waals surface area contributed by atoms with Gasteiger partial charge in [0.25, 0.3) is 0 Å². The van der Waals surface area contributed by atoms with Crippen molar-refractivity contribution in [3.8, 4) is 0 Å². The van der Waals surface area contributed by atoms with Gasteiger partial charge in [-0.1, -0.05) is 71.1 Å². The molecule has 0 aromatic carbocycles. The van der Waals surface area contributed by atoms with Crippen LogP contribution in [0.2, 0.25) is 0 Å². The Labute approximate surface area is 138 Å². The van der Waals surface area contributed by atoms with Crippen molar-refractivity contribution in [2.24, 2.45) is 5.92 Å². The lowest BCUT2D eigenvalue weighted by Gasteiger charge is -2.18. The van der Waals surface area contributed by atoms with Crippen molar-refractivity contribution in [2.75, 3.05) is 13.2 Å². The minimum Gasteiger partial charge on any atom is -0.381 e. The molecule has 1 saturated carbocycles. The van der Waals surface area contributed by atoms with Crippen LogP contribution >= 0.6 is 0 Å². The zero-order chi connectivity index (χ0) is 15.5. The fourth-order valence-electron chi connectivity index (χ4n) is 3.76. The lowest BCUT2D eigenvalue weighted by Crippen LogP contribution is -2.18. The van der Waals surface area contributed by atoms with Gasteiger partial charge in [0.05, 0.1) is 12.2 Å². The highest BCUT2D eigenvalue weighted by molar-refractivity contribution is 4.91. The molecular formula is C20H38O2. The Morgan fingerprint density at radius 1 is 0.773 bits per heavy atom. The molecule has 2 fully saturated rings. The first-order chi connectivity index (χ1) is 10.9. The molecule has 0 aromatic rings. The quantitative estimate of drug-likeness (QED) is 0.295. The van der Waals surface area contributed by atoms with Gasteiger partial charge in [0.2, 0.25) is 0 Å². The van der Waals surface area contributed by atoms with Gasteiger partial charge < -0.3 is 9.47 Å². The van der Waals surface area contributed by atoms with E-state index in [1.165, 1.54) is 89.9 Å². The van der Waals surface area contributed by atoms with Crippen LogP contribution in [0.3, 0.4) is 0 Å². The largest absolute Gasteiger partial charge is 0.381 e. The summed E-state index contributed by atoms with van der Waals surface area (Å²) in [7, 11) is 0. The number of hydrogen-bond donors (Lipinski definition) is 0. The SMILES string of the molecule is CCCCCCCCCCCCCOCC1CCC2OC2C1. The maximum atomic E-state index is 5.87. The van der Waals surface area contributed by atoms with Crippen molar-refractivity contribution >= 4 is 0 Å². The van der Waals surface area contributed by atoms with Gasteiger partial charge >= 0.3 is 0 Å². The molecular weight excluding hydrogens is 272 g/mol. The standard InChI is InChI=1S/C20H38O2/c1-2-3-4-5-6-7-8-9-10-11-12-15-21-17-18-13-14-19-20(16-18)22-19/h18-20H,2-17H2,1H3. The predicted octanol–water partition coefficient (Wildman–Crippen LogP) is 5.88. The van der Waals surface area contributed by atoms with Gasteiger partial charge in [0.15, 0.2) is 0 Å². The monoisotopic (exact) mass is 310 g/mol. The van der Waals surface area contributed by atoms with E-state index in [1.807, 2.05) is 0 Å². The minimum absolute atomic E-state index is 0.601. The number of unbranched alkanes of at least 4 members (excludes halogenated alkanes) is 10. The second-order valence-electron chi connectivity index (χ2n) is 7.50. The van der Waals surface area contributed by atoms with Crippen LogP contribution in [0.4, 0.5) is 0 Å². The number of ether oxygens (including phenoxy) is 2. The average Bonchev–Trinajstić information content (AvgIpc) is 3.30. The minimum atomic E-state index is 0.601. The molecule has 0 bridgehead atoms. The van der Waals surface area contributed by atoms with E-state index < -0.39 is 0 Å². The normalized spacial score (nSPS) is 26.9. The van der Waals surface area contributed by atoms with Gasteiger partial charge in [-0.05, 0) is 31.6 Å². The molecule has 0 radical (unpaired) electrons. The fourth-order valence-corrected chi connectivity index (χ4v) is 3.76. The van der Waals surface area contributed by atoms with Crippen LogP contribution in [0, 0.1) is 5.92 Å². The zero-order valence-corrected chi connectivity index (χ0v) is 14.9. The van der Waals surface area contributed by atoms with Crippen molar-refractivity contribution in [3.63, 3.8) is 0 Å². The molecule has 2 rings (SSSR count). The Bertz CT molecular complexity index is 266. The number of rotatable bonds is 14. The molecule has 0 spiro atoms. The van der Waals surface area contributed by atoms with Crippen molar-refractivity contribution in [2.45, 2.75) is 109 Å². The summed E-state index contributed by atoms with van der Waals surface area (Å²) in [6.45, 7) is 4.24. The summed E-state index contributed by atoms with van der Waals surface area (Å²) in [6, 6.07) is 0. The smallest absolute Gasteiger partial charge is 0.0845 e. The molecule has 1 saturated heterocycles. The summed E-state index contributed by atoms with van der Waals surface area (Å²) in [4.78, 5) is 0. The molecule has 22 heavy (non-hydrogen) atoms. The van der Waals surface area contributed by atoms with Gasteiger partial charge in [0.1, 0.15) is 0 Å². The van der Waals surface area contributed by atoms with E-state index in [0.717, 1.165) is 19.1 Å². The van der Waals surface area contributed by atoms with E-state index in [2.05, 4.69) is 6.92 Å². The highest BCUT2D eigenvalue weighted by atomic mass is 16.6. The summed E-state index contributed by atoms with van der Waals surface area (Å²) in [6.07, 6.45) is 20.5. The molecule has 0 aromatic heterocycles. The van der Waals surface area contributed by atoms with Crippen molar-refractivity contribution in [3.05, 3.63) is 0 Å². The average molecular weight is 311 g/mol. The molecule has 3 atom stereocenters. The van der Waals surface area contributed by atoms with Crippen LogP contribution < -0.4 is 0 Å². The Morgan fingerprint density at radius 2 is 1.41 bits per heavy atom. The fraction of sp³-hybridized carbons (Fsp3) is 1.00. The summed E-state index contributed by atoms with van der Waals surface area (Å²) >= 11 is 0. The number of epoxide rings is 1. The van der Waals surface area contributed by atoms with Crippen molar-refractivity contribution in [1.82, 2.24) is 0 Å². The molecule has 3 unspecified atom stereocenters. The topological polar surface area (TPSA) is 21.8 Å². The maximum absolute atomic E-state index is 5.87. The van der Waals surface area contributed by atoms with Crippen LogP contribution in [0.5, 0.6) is 0 Å². The lowest BCUT2D eigenvalue weighted by atomic mass is 9.90. The van der Waals surface area contributed by atoms with E-state index in [4.69, 9.17) is 9.47 Å². The van der Waals surface area contributed by atoms with Crippen molar-refractivity contribution in [1.29, 1.82) is 0 Å². The molecule has 2 heteroatoms. The van der Waals surface area contributed by atoms with Crippen LogP contribution in [-0.2, 0) is 9.47 Å². The van der Waals surface area contributed by atoms with Gasteiger partial charge in [-0.3, -0.25) is 0 Å². The van der Waals surface area contributed by atoms with Crippen LogP contribution in [0.25, 0.3) is 0 Å². The second-order valence-corrected chi connectivity index (χ2v) is 7.50. The molecule has 0 amide bonds. The second kappa shape index (κ2) is 11.5. The Hall–Kier alpha value is -0.0800. The molecule has 2 nitrogen and oxygen atoms in total. The van der Waals surface area contributed by atoms with Crippen LogP contribution in [0.15, 0.2) is 0 Å². The first-order valence-electron chi connectivity index (χ1n) is 10.1. The number of fused-ring (bicyclic) bond motifs is 1. The van der Waals surface area contributed by atoms with E-state index in [1.54, 1.807) is 0 Å². The molecule has 0 N–H and O–H groups in total. The Balaban J connectivity index is 1.25. The van der Waals surface area contributed by atoms with E-state index in [9.17, 15) is 0 Å². The zero-order valence-electron chi connectivity index (χ0n) is 14.9. The molecule has 1 aliphatic heterocycles. The summed E-state index contributed by atoms with van der Waals surface area (Å²) in [5.41, 5.74) is 0. The Kier molecular flexibility index (Phi) is 9.51. The third kappa shape index (κ3) is 7.97. The molecule has 1 heterocycles. The first kappa shape index (κ1) is 18.3. The van der Waals surface area contributed by atoms with Crippen molar-refractivity contribution < 1.29 is 9.47 Å². The van der Waals surface area contributed by atoms with E-state index in [0.29, 0.717) is 12.2 Å². The highest BCUT2D eigenvalue weighted by Gasteiger charge is 2.43. The lowest BCUT2D eigenvalue weighted by molar-refractivity contribution is 0.0851. The van der Waals surface area contributed by atoms with Gasteiger partial charge in [-0.15, -0.1) is 0 Å². The third-order valence-electron chi connectivity index (χ3n) is 5.36. The third-order valence-corrected chi connectivity index (χ3v) is 5.36. The van der Waals surface area contributed by atoms with Crippen LogP contribution in [-0.4, -0.2) is 25.4 Å². The Morgan fingerprint density at radius 3 is 2.05 bits per heavy atom. The first-order valence-corrected chi connectivity index (χ1v) is 10.1. The van der Waals surface area contributed by atoms with E-state index >= 15 is 0 Å². The van der Waals surface area contributed by atoms with E-state index in [-0.39, 0.29) is 0 Å². The maximum Gasteiger partial charge on any atom is 0.0845 e. The predicted molar refractivity (Wildman–Crippen MR) is 93.3 cm³/mol. The molecule has 2 aliphatic rings. The molecule has 1 aliphatic carbocycles. The van der Waals surface area contributed by atoms with Crippen LogP contribution in [0.1, 0.15) is 96.8 Å². The summed E-state index contributed by atoms with van der Waals surface area (Å²) in [5.74, 6) is 0.774. The summed E-state index contributed by atoms with van der Waals surface area (Å²) in [5, 5.41) is 0.